The molecule has 0 bridgehead atoms. The second-order valence-corrected chi connectivity index (χ2v) is 9.99. The fourth-order valence-electron chi connectivity index (χ4n) is 5.23. The summed E-state index contributed by atoms with van der Waals surface area (Å²) in [6, 6.07) is 4.65. The molecule has 2 aliphatic rings. The fourth-order valence-corrected chi connectivity index (χ4v) is 5.32. The number of nitrogens with zero attached hydrogens (tertiary/aromatic N) is 4. The van der Waals surface area contributed by atoms with E-state index >= 15 is 0 Å². The zero-order chi connectivity index (χ0) is 26.0. The van der Waals surface area contributed by atoms with Crippen molar-refractivity contribution in [3.05, 3.63) is 57.5 Å². The Labute approximate surface area is 217 Å². The molecular weight excluding hydrogens is 481 g/mol. The van der Waals surface area contributed by atoms with Crippen LogP contribution < -0.4 is 10.5 Å². The summed E-state index contributed by atoms with van der Waals surface area (Å²) in [6.45, 7) is 10.6. The molecule has 2 heterocycles. The van der Waals surface area contributed by atoms with Gasteiger partial charge < -0.3 is 20.3 Å². The number of carbonyl (C=O) groups excluding carboxylic acids is 1. The Hall–Kier alpha value is -2.71. The molecule has 1 saturated carbocycles. The van der Waals surface area contributed by atoms with Crippen LogP contribution in [0.3, 0.4) is 0 Å². The lowest BCUT2D eigenvalue weighted by molar-refractivity contribution is 0.0768. The number of nitrogens with two attached hydrogens (primary N) is 1. The predicted octanol–water partition coefficient (Wildman–Crippen LogP) is 4.74. The first-order valence-corrected chi connectivity index (χ1v) is 13.1. The maximum atomic E-state index is 14.2. The normalized spacial score (nSPS) is 20.4. The largest absolute Gasteiger partial charge is 0.489 e. The molecule has 194 valence electrons. The number of benzene rings is 1. The Morgan fingerprint density at radius 2 is 1.78 bits per heavy atom. The quantitative estimate of drug-likeness (QED) is 0.573. The number of carbonyl (C=O) groups is 1. The van der Waals surface area contributed by atoms with Crippen LogP contribution in [-0.2, 0) is 0 Å². The third kappa shape index (κ3) is 5.49. The van der Waals surface area contributed by atoms with Gasteiger partial charge in [-0.25, -0.2) is 14.4 Å². The van der Waals surface area contributed by atoms with Crippen molar-refractivity contribution in [2.75, 3.05) is 26.2 Å². The molecule has 0 atom stereocenters. The van der Waals surface area contributed by atoms with Gasteiger partial charge in [0.2, 0.25) is 0 Å². The zero-order valence-electron chi connectivity index (χ0n) is 21.5. The number of rotatable bonds is 7. The molecule has 1 aliphatic carbocycles. The zero-order valence-corrected chi connectivity index (χ0v) is 22.2. The van der Waals surface area contributed by atoms with Gasteiger partial charge in [-0.15, -0.1) is 0 Å². The highest BCUT2D eigenvalue weighted by molar-refractivity contribution is 6.31. The van der Waals surface area contributed by atoms with Crippen molar-refractivity contribution < 1.29 is 13.9 Å². The second kappa shape index (κ2) is 11.1. The molecule has 36 heavy (non-hydrogen) atoms. The summed E-state index contributed by atoms with van der Waals surface area (Å²) in [6.07, 6.45) is 3.76. The van der Waals surface area contributed by atoms with Crippen molar-refractivity contribution in [2.45, 2.75) is 65.5 Å². The molecule has 2 aromatic rings. The van der Waals surface area contributed by atoms with Crippen LogP contribution in [0, 0.1) is 19.7 Å². The molecule has 0 spiro atoms. The van der Waals surface area contributed by atoms with Gasteiger partial charge in [-0.3, -0.25) is 4.79 Å². The molecule has 1 amide bonds. The summed E-state index contributed by atoms with van der Waals surface area (Å²) in [5, 5.41) is 0.517. The molecule has 1 fully saturated rings. The minimum absolute atomic E-state index is 0.0455. The van der Waals surface area contributed by atoms with E-state index < -0.39 is 5.82 Å². The van der Waals surface area contributed by atoms with Gasteiger partial charge in [0, 0.05) is 23.4 Å². The van der Waals surface area contributed by atoms with E-state index in [0.29, 0.717) is 45.1 Å². The van der Waals surface area contributed by atoms with E-state index in [1.807, 2.05) is 13.8 Å². The summed E-state index contributed by atoms with van der Waals surface area (Å²) in [4.78, 5) is 26.6. The Kier molecular flexibility index (Phi) is 8.15. The van der Waals surface area contributed by atoms with Crippen molar-refractivity contribution in [2.24, 2.45) is 5.73 Å². The fraction of sp³-hybridized carbons (Fsp3) is 0.519. The van der Waals surface area contributed by atoms with E-state index in [4.69, 9.17) is 22.1 Å². The Balaban J connectivity index is 1.48. The van der Waals surface area contributed by atoms with E-state index in [9.17, 15) is 9.18 Å². The molecule has 0 saturated heterocycles. The maximum absolute atomic E-state index is 14.2. The molecule has 0 unspecified atom stereocenters. The van der Waals surface area contributed by atoms with Gasteiger partial charge in [0.15, 0.2) is 5.82 Å². The van der Waals surface area contributed by atoms with Gasteiger partial charge in [0.25, 0.3) is 5.91 Å². The molecule has 1 aromatic heterocycles. The summed E-state index contributed by atoms with van der Waals surface area (Å²) < 4.78 is 20.4. The first-order valence-electron chi connectivity index (χ1n) is 12.7. The monoisotopic (exact) mass is 515 g/mol. The predicted molar refractivity (Wildman–Crippen MR) is 140 cm³/mol. The molecule has 4 rings (SSSR count). The molecule has 1 aromatic carbocycles. The minimum Gasteiger partial charge on any atom is -0.489 e. The summed E-state index contributed by atoms with van der Waals surface area (Å²) in [7, 11) is 0. The van der Waals surface area contributed by atoms with Crippen LogP contribution in [0.25, 0.3) is 5.57 Å². The lowest BCUT2D eigenvalue weighted by Gasteiger charge is -2.36. The lowest BCUT2D eigenvalue weighted by atomic mass is 9.91. The third-order valence-corrected chi connectivity index (χ3v) is 7.82. The minimum atomic E-state index is -0.432. The van der Waals surface area contributed by atoms with Gasteiger partial charge in [-0.2, -0.15) is 0 Å². The summed E-state index contributed by atoms with van der Waals surface area (Å²) in [5.74, 6) is 0.0660. The first-order chi connectivity index (χ1) is 17.2. The van der Waals surface area contributed by atoms with Crippen LogP contribution in [0.15, 0.2) is 23.9 Å². The summed E-state index contributed by atoms with van der Waals surface area (Å²) >= 11 is 6.22. The Morgan fingerprint density at radius 3 is 2.39 bits per heavy atom. The number of hydrogen-bond donors (Lipinski definition) is 1. The highest BCUT2D eigenvalue weighted by Gasteiger charge is 2.31. The number of ether oxygens (including phenoxy) is 1. The lowest BCUT2D eigenvalue weighted by Crippen LogP contribution is -2.40. The van der Waals surface area contributed by atoms with Gasteiger partial charge in [0.05, 0.1) is 41.2 Å². The number of aryl methyl sites for hydroxylation is 2. The Bertz CT molecular complexity index is 1140. The third-order valence-electron chi connectivity index (χ3n) is 7.28. The number of hydrogen-bond acceptors (Lipinski definition) is 6. The topological polar surface area (TPSA) is 84.6 Å². The molecule has 0 radical (unpaired) electrons. The van der Waals surface area contributed by atoms with Crippen molar-refractivity contribution in [1.29, 1.82) is 0 Å². The SMILES string of the molecule is CCN(CC)C1CCC(Oc2cc(F)ccc2C(=O)N2CC(N)=C(c3nc(C)c(Cl)c(C)n3)C2)CC1. The van der Waals surface area contributed by atoms with Crippen LogP contribution in [-0.4, -0.2) is 64.0 Å². The standard InChI is InChI=1S/C27H35ClFN5O2/c1-5-33(6-2)19-8-10-20(11-9-19)36-24-13-18(29)7-12-21(24)27(35)34-14-22(23(30)15-34)26-31-16(3)25(28)17(4)32-26/h7,12-13,19-20H,5-6,8-11,14-15,30H2,1-4H3. The van der Waals surface area contributed by atoms with E-state index in [-0.39, 0.29) is 30.9 Å². The highest BCUT2D eigenvalue weighted by atomic mass is 35.5. The van der Waals surface area contributed by atoms with Crippen LogP contribution in [0.4, 0.5) is 4.39 Å². The van der Waals surface area contributed by atoms with Gasteiger partial charge in [-0.1, -0.05) is 25.4 Å². The number of halogens is 2. The van der Waals surface area contributed by atoms with Crippen molar-refractivity contribution in [1.82, 2.24) is 19.8 Å². The second-order valence-electron chi connectivity index (χ2n) is 9.61. The molecule has 9 heteroatoms. The average molecular weight is 516 g/mol. The van der Waals surface area contributed by atoms with Gasteiger partial charge >= 0.3 is 0 Å². The van der Waals surface area contributed by atoms with E-state index in [1.54, 1.807) is 4.90 Å². The van der Waals surface area contributed by atoms with E-state index in [2.05, 4.69) is 28.7 Å². The van der Waals surface area contributed by atoms with Gasteiger partial charge in [0.1, 0.15) is 11.6 Å². The van der Waals surface area contributed by atoms with Crippen molar-refractivity contribution in [3.8, 4) is 5.75 Å². The first kappa shape index (κ1) is 26.4. The number of amides is 1. The van der Waals surface area contributed by atoms with Gasteiger partial charge in [-0.05, 0) is 64.8 Å². The highest BCUT2D eigenvalue weighted by Crippen LogP contribution is 2.32. The molecular formula is C27H35ClFN5O2. The van der Waals surface area contributed by atoms with Crippen LogP contribution in [0.1, 0.15) is 67.1 Å². The molecule has 2 N–H and O–H groups in total. The number of aromatic nitrogens is 2. The maximum Gasteiger partial charge on any atom is 0.258 e. The average Bonchev–Trinajstić information content (AvgIpc) is 3.25. The van der Waals surface area contributed by atoms with Crippen LogP contribution in [0.5, 0.6) is 5.75 Å². The van der Waals surface area contributed by atoms with Crippen molar-refractivity contribution >= 4 is 23.1 Å². The molecule has 1 aliphatic heterocycles. The molecule has 7 nitrogen and oxygen atoms in total. The van der Waals surface area contributed by atoms with Crippen LogP contribution in [0.2, 0.25) is 5.02 Å². The smallest absolute Gasteiger partial charge is 0.258 e. The van der Waals surface area contributed by atoms with E-state index in [1.165, 1.54) is 18.2 Å². The van der Waals surface area contributed by atoms with Crippen molar-refractivity contribution in [3.63, 3.8) is 0 Å². The summed E-state index contributed by atoms with van der Waals surface area (Å²) in [5.41, 5.74) is 9.19. The Morgan fingerprint density at radius 1 is 1.14 bits per heavy atom. The van der Waals surface area contributed by atoms with E-state index in [0.717, 1.165) is 38.8 Å². The van der Waals surface area contributed by atoms with Crippen LogP contribution >= 0.6 is 11.6 Å².